The molecule has 0 atom stereocenters. The smallest absolute Gasteiger partial charge is 0.155 e. The van der Waals surface area contributed by atoms with Gasteiger partial charge in [-0.2, -0.15) is 0 Å². The minimum atomic E-state index is 0.437. The molecule has 0 radical (unpaired) electrons. The number of nitrogens with zero attached hydrogens (tertiary/aromatic N) is 2. The zero-order chi connectivity index (χ0) is 12.7. The highest BCUT2D eigenvalue weighted by Gasteiger charge is 2.12. The maximum atomic E-state index is 6.12. The molecule has 18 heavy (non-hydrogen) atoms. The molecule has 0 saturated carbocycles. The zero-order valence-corrected chi connectivity index (χ0v) is 10.8. The summed E-state index contributed by atoms with van der Waals surface area (Å²) in [6.45, 7) is 0. The number of hydrogen-bond acceptors (Lipinski definition) is 2. The molecule has 0 spiro atoms. The summed E-state index contributed by atoms with van der Waals surface area (Å²) in [5, 5.41) is 1.12. The molecule has 0 unspecified atom stereocenters. The second-order valence-corrected chi connectivity index (χ2v) is 4.70. The molecule has 3 nitrogen and oxygen atoms in total. The van der Waals surface area contributed by atoms with Crippen molar-refractivity contribution in [2.24, 2.45) is 0 Å². The van der Waals surface area contributed by atoms with E-state index in [1.54, 1.807) is 0 Å². The maximum absolute atomic E-state index is 6.12. The number of pyridine rings is 1. The summed E-state index contributed by atoms with van der Waals surface area (Å²) in [5.74, 6) is 1.31. The average molecular weight is 278 g/mol. The van der Waals surface area contributed by atoms with Crippen LogP contribution < -0.4 is 5.73 Å². The van der Waals surface area contributed by atoms with Gasteiger partial charge in [0.15, 0.2) is 5.15 Å². The summed E-state index contributed by atoms with van der Waals surface area (Å²) in [5.41, 5.74) is 7.68. The number of benzene rings is 1. The van der Waals surface area contributed by atoms with Crippen molar-refractivity contribution in [1.29, 1.82) is 0 Å². The summed E-state index contributed by atoms with van der Waals surface area (Å²) in [7, 11) is 0. The molecule has 0 aliphatic carbocycles. The zero-order valence-electron chi connectivity index (χ0n) is 9.27. The standard InChI is InChI=1S/C13H9Cl2N3/c14-9-6-4-8(5-7-9)13-17-12(15)10-2-1-3-11(16)18(10)13/h1-7H,16H2. The first-order valence-corrected chi connectivity index (χ1v) is 6.11. The molecule has 2 aromatic heterocycles. The molecule has 2 N–H and O–H groups in total. The number of nitrogens with two attached hydrogens (primary N) is 1. The van der Waals surface area contributed by atoms with E-state index >= 15 is 0 Å². The SMILES string of the molecule is Nc1cccc2c(Cl)nc(-c3ccc(Cl)cc3)n12. The Kier molecular flexibility index (Phi) is 2.65. The Hall–Kier alpha value is -1.71. The van der Waals surface area contributed by atoms with Gasteiger partial charge in [-0.1, -0.05) is 29.3 Å². The lowest BCUT2D eigenvalue weighted by Gasteiger charge is -2.04. The van der Waals surface area contributed by atoms with E-state index in [-0.39, 0.29) is 0 Å². The number of hydrogen-bond donors (Lipinski definition) is 1. The molecule has 0 aliphatic rings. The quantitative estimate of drug-likeness (QED) is 0.733. The van der Waals surface area contributed by atoms with Crippen LogP contribution in [0.4, 0.5) is 5.82 Å². The van der Waals surface area contributed by atoms with Gasteiger partial charge in [-0.15, -0.1) is 0 Å². The van der Waals surface area contributed by atoms with Crippen LogP contribution in [-0.2, 0) is 0 Å². The average Bonchev–Trinajstić information content (AvgIpc) is 2.70. The van der Waals surface area contributed by atoms with E-state index in [2.05, 4.69) is 4.98 Å². The highest BCUT2D eigenvalue weighted by atomic mass is 35.5. The Labute approximate surface area is 114 Å². The van der Waals surface area contributed by atoms with Gasteiger partial charge >= 0.3 is 0 Å². The summed E-state index contributed by atoms with van der Waals surface area (Å²) in [6, 6.07) is 12.9. The number of fused-ring (bicyclic) bond motifs is 1. The normalized spacial score (nSPS) is 11.0. The van der Waals surface area contributed by atoms with Crippen molar-refractivity contribution < 1.29 is 0 Å². The molecule has 3 aromatic rings. The first kappa shape index (κ1) is 11.4. The highest BCUT2D eigenvalue weighted by molar-refractivity contribution is 6.33. The number of imidazole rings is 1. The van der Waals surface area contributed by atoms with E-state index in [4.69, 9.17) is 28.9 Å². The first-order valence-electron chi connectivity index (χ1n) is 5.35. The van der Waals surface area contributed by atoms with Gasteiger partial charge in [0.1, 0.15) is 11.6 Å². The molecule has 90 valence electrons. The molecule has 0 aliphatic heterocycles. The van der Waals surface area contributed by atoms with E-state index < -0.39 is 0 Å². The number of halogens is 2. The molecule has 0 amide bonds. The molecule has 2 heterocycles. The fraction of sp³-hybridized carbons (Fsp3) is 0. The van der Waals surface area contributed by atoms with Gasteiger partial charge in [0.2, 0.25) is 0 Å². The van der Waals surface area contributed by atoms with Crippen LogP contribution in [0, 0.1) is 0 Å². The number of aromatic nitrogens is 2. The fourth-order valence-electron chi connectivity index (χ4n) is 1.92. The minimum absolute atomic E-state index is 0.437. The third-order valence-electron chi connectivity index (χ3n) is 2.75. The number of rotatable bonds is 1. The Morgan fingerprint density at radius 1 is 1.00 bits per heavy atom. The molecule has 3 rings (SSSR count). The van der Waals surface area contributed by atoms with Crippen LogP contribution in [0.3, 0.4) is 0 Å². The van der Waals surface area contributed by atoms with E-state index in [0.717, 1.165) is 11.1 Å². The molecular formula is C13H9Cl2N3. The van der Waals surface area contributed by atoms with Crippen molar-refractivity contribution >= 4 is 34.5 Å². The van der Waals surface area contributed by atoms with Crippen LogP contribution in [0.15, 0.2) is 42.5 Å². The minimum Gasteiger partial charge on any atom is -0.385 e. The van der Waals surface area contributed by atoms with Gasteiger partial charge in [0.25, 0.3) is 0 Å². The molecular weight excluding hydrogens is 269 g/mol. The third-order valence-corrected chi connectivity index (χ3v) is 3.28. The summed E-state index contributed by atoms with van der Waals surface area (Å²) in [6.07, 6.45) is 0. The monoisotopic (exact) mass is 277 g/mol. The molecule has 0 fully saturated rings. The van der Waals surface area contributed by atoms with Gasteiger partial charge in [-0.3, -0.25) is 4.40 Å². The molecule has 0 saturated heterocycles. The first-order chi connectivity index (χ1) is 8.66. The predicted octanol–water partition coefficient (Wildman–Crippen LogP) is 3.89. The largest absolute Gasteiger partial charge is 0.385 e. The van der Waals surface area contributed by atoms with Crippen molar-refractivity contribution in [2.75, 3.05) is 5.73 Å². The highest BCUT2D eigenvalue weighted by Crippen LogP contribution is 2.28. The van der Waals surface area contributed by atoms with Crippen LogP contribution in [-0.4, -0.2) is 9.38 Å². The lowest BCUT2D eigenvalue weighted by atomic mass is 10.2. The van der Waals surface area contributed by atoms with Gasteiger partial charge in [-0.05, 0) is 36.4 Å². The second-order valence-electron chi connectivity index (χ2n) is 3.90. The summed E-state index contributed by atoms with van der Waals surface area (Å²) >= 11 is 12.0. The number of anilines is 1. The number of nitrogen functional groups attached to an aromatic ring is 1. The Bertz CT molecular complexity index is 717. The van der Waals surface area contributed by atoms with Crippen LogP contribution >= 0.6 is 23.2 Å². The van der Waals surface area contributed by atoms with Crippen molar-refractivity contribution in [1.82, 2.24) is 9.38 Å². The van der Waals surface area contributed by atoms with Crippen molar-refractivity contribution in [3.05, 3.63) is 52.6 Å². The van der Waals surface area contributed by atoms with Crippen LogP contribution in [0.25, 0.3) is 16.9 Å². The van der Waals surface area contributed by atoms with Crippen LogP contribution in [0.1, 0.15) is 0 Å². The van der Waals surface area contributed by atoms with Gasteiger partial charge < -0.3 is 5.73 Å². The Balaban J connectivity index is 2.32. The van der Waals surface area contributed by atoms with Crippen LogP contribution in [0.2, 0.25) is 10.2 Å². The van der Waals surface area contributed by atoms with Gasteiger partial charge in [0.05, 0.1) is 5.52 Å². The van der Waals surface area contributed by atoms with E-state index in [9.17, 15) is 0 Å². The van der Waals surface area contributed by atoms with Crippen molar-refractivity contribution in [3.8, 4) is 11.4 Å². The molecule has 5 heteroatoms. The molecule has 0 bridgehead atoms. The third kappa shape index (κ3) is 1.72. The molecule has 1 aromatic carbocycles. The lowest BCUT2D eigenvalue weighted by molar-refractivity contribution is 1.17. The Morgan fingerprint density at radius 3 is 2.44 bits per heavy atom. The predicted molar refractivity (Wildman–Crippen MR) is 75.1 cm³/mol. The van der Waals surface area contributed by atoms with Crippen LogP contribution in [0.5, 0.6) is 0 Å². The Morgan fingerprint density at radius 2 is 1.72 bits per heavy atom. The maximum Gasteiger partial charge on any atom is 0.155 e. The van der Waals surface area contributed by atoms with Crippen molar-refractivity contribution in [2.45, 2.75) is 0 Å². The van der Waals surface area contributed by atoms with Gasteiger partial charge in [0, 0.05) is 10.6 Å². The summed E-state index contributed by atoms with van der Waals surface area (Å²) in [4.78, 5) is 4.36. The summed E-state index contributed by atoms with van der Waals surface area (Å²) < 4.78 is 1.82. The second kappa shape index (κ2) is 4.19. The fourth-order valence-corrected chi connectivity index (χ4v) is 2.27. The van der Waals surface area contributed by atoms with E-state index in [1.807, 2.05) is 46.9 Å². The van der Waals surface area contributed by atoms with E-state index in [1.165, 1.54) is 0 Å². The van der Waals surface area contributed by atoms with Gasteiger partial charge in [-0.25, -0.2) is 4.98 Å². The van der Waals surface area contributed by atoms with Crippen molar-refractivity contribution in [3.63, 3.8) is 0 Å². The topological polar surface area (TPSA) is 43.3 Å². The van der Waals surface area contributed by atoms with E-state index in [0.29, 0.717) is 21.8 Å². The lowest BCUT2D eigenvalue weighted by Crippen LogP contribution is -1.97.